The van der Waals surface area contributed by atoms with Gasteiger partial charge in [0.05, 0.1) is 0 Å². The van der Waals surface area contributed by atoms with E-state index in [1.807, 2.05) is 0 Å². The van der Waals surface area contributed by atoms with Gasteiger partial charge in [-0.3, -0.25) is 4.79 Å². The van der Waals surface area contributed by atoms with E-state index in [9.17, 15) is 4.79 Å². The molecule has 0 aliphatic carbocycles. The van der Waals surface area contributed by atoms with Gasteiger partial charge in [0.15, 0.2) is 16.3 Å². The Morgan fingerprint density at radius 1 is 1.50 bits per heavy atom. The first kappa shape index (κ1) is 9.95. The summed E-state index contributed by atoms with van der Waals surface area (Å²) in [4.78, 5) is 10.6. The van der Waals surface area contributed by atoms with Crippen molar-refractivity contribution in [3.05, 3.63) is 0 Å². The molecular formula is C7H13BrO2. The Labute approximate surface area is 70.4 Å². The molecule has 2 nitrogen and oxygen atoms in total. The minimum atomic E-state index is -0.199. The molecule has 0 spiro atoms. The summed E-state index contributed by atoms with van der Waals surface area (Å²) in [6.45, 7) is 6.28. The standard InChI is InChI=1S/C7H13BrO2/c1-7(2,3)5-4-6(9)10-8/h4-5H2,1-3H3. The van der Waals surface area contributed by atoms with Gasteiger partial charge in [-0.25, -0.2) is 0 Å². The largest absolute Gasteiger partial charge is 0.384 e. The predicted octanol–water partition coefficient (Wildman–Crippen LogP) is 2.67. The Hall–Kier alpha value is -0.0500. The van der Waals surface area contributed by atoms with Crippen LogP contribution in [0.2, 0.25) is 0 Å². The lowest BCUT2D eigenvalue weighted by Gasteiger charge is -2.15. The lowest BCUT2D eigenvalue weighted by Crippen LogP contribution is -2.08. The smallest absolute Gasteiger partial charge is 0.317 e. The van der Waals surface area contributed by atoms with Crippen LogP contribution < -0.4 is 0 Å². The molecule has 0 fully saturated rings. The topological polar surface area (TPSA) is 26.3 Å². The first-order valence-corrected chi connectivity index (χ1v) is 3.92. The fraction of sp³-hybridized carbons (Fsp3) is 0.857. The molecule has 10 heavy (non-hydrogen) atoms. The van der Waals surface area contributed by atoms with Crippen molar-refractivity contribution in [2.75, 3.05) is 0 Å². The molecule has 0 bridgehead atoms. The fourth-order valence-corrected chi connectivity index (χ4v) is 0.678. The molecule has 3 heteroatoms. The number of rotatable bonds is 2. The van der Waals surface area contributed by atoms with Crippen LogP contribution in [0.1, 0.15) is 33.6 Å². The van der Waals surface area contributed by atoms with Crippen LogP contribution in [0.3, 0.4) is 0 Å². The summed E-state index contributed by atoms with van der Waals surface area (Å²) in [6.07, 6.45) is 1.34. The Morgan fingerprint density at radius 3 is 2.30 bits per heavy atom. The van der Waals surface area contributed by atoms with Gasteiger partial charge in [-0.05, 0) is 11.8 Å². The minimum absolute atomic E-state index is 0.199. The molecule has 0 radical (unpaired) electrons. The van der Waals surface area contributed by atoms with E-state index in [1.54, 1.807) is 0 Å². The Morgan fingerprint density at radius 2 is 2.00 bits per heavy atom. The predicted molar refractivity (Wildman–Crippen MR) is 43.7 cm³/mol. The van der Waals surface area contributed by atoms with E-state index in [1.165, 1.54) is 0 Å². The van der Waals surface area contributed by atoms with Crippen molar-refractivity contribution in [2.24, 2.45) is 5.41 Å². The van der Waals surface area contributed by atoms with Crippen LogP contribution in [0.4, 0.5) is 0 Å². The second-order valence-corrected chi connectivity index (χ2v) is 3.83. The van der Waals surface area contributed by atoms with E-state index in [0.717, 1.165) is 6.42 Å². The fourth-order valence-electron chi connectivity index (χ4n) is 0.516. The van der Waals surface area contributed by atoms with Gasteiger partial charge >= 0.3 is 5.97 Å². The zero-order chi connectivity index (χ0) is 8.20. The minimum Gasteiger partial charge on any atom is -0.384 e. The monoisotopic (exact) mass is 208 g/mol. The van der Waals surface area contributed by atoms with Crippen molar-refractivity contribution < 1.29 is 8.62 Å². The number of hydrogen-bond donors (Lipinski definition) is 0. The number of carbonyl (C=O) groups is 1. The Kier molecular flexibility index (Phi) is 3.94. The first-order chi connectivity index (χ1) is 4.45. The highest BCUT2D eigenvalue weighted by Crippen LogP contribution is 2.20. The van der Waals surface area contributed by atoms with E-state index in [-0.39, 0.29) is 11.4 Å². The van der Waals surface area contributed by atoms with E-state index in [2.05, 4.69) is 40.9 Å². The van der Waals surface area contributed by atoms with Crippen LogP contribution in [-0.2, 0) is 8.62 Å². The molecule has 0 heterocycles. The van der Waals surface area contributed by atoms with Gasteiger partial charge in [0, 0.05) is 6.42 Å². The van der Waals surface area contributed by atoms with Crippen LogP contribution in [0.25, 0.3) is 0 Å². The lowest BCUT2D eigenvalue weighted by atomic mass is 9.91. The van der Waals surface area contributed by atoms with Gasteiger partial charge in [-0.15, -0.1) is 0 Å². The molecule has 0 rings (SSSR count). The zero-order valence-corrected chi connectivity index (χ0v) is 8.19. The third kappa shape index (κ3) is 6.08. The molecular weight excluding hydrogens is 196 g/mol. The molecule has 0 saturated heterocycles. The average molecular weight is 209 g/mol. The van der Waals surface area contributed by atoms with E-state index >= 15 is 0 Å². The highest BCUT2D eigenvalue weighted by Gasteiger charge is 2.12. The summed E-state index contributed by atoms with van der Waals surface area (Å²) >= 11 is 2.63. The van der Waals surface area contributed by atoms with Gasteiger partial charge in [0.2, 0.25) is 0 Å². The summed E-state index contributed by atoms with van der Waals surface area (Å²) in [6, 6.07) is 0. The molecule has 0 N–H and O–H groups in total. The Bertz CT molecular complexity index is 115. The van der Waals surface area contributed by atoms with Crippen LogP contribution in [-0.4, -0.2) is 5.97 Å². The maximum absolute atomic E-state index is 10.6. The van der Waals surface area contributed by atoms with Crippen molar-refractivity contribution in [3.8, 4) is 0 Å². The van der Waals surface area contributed by atoms with Crippen LogP contribution in [0, 0.1) is 5.41 Å². The second-order valence-electron chi connectivity index (χ2n) is 3.51. The molecule has 0 saturated carbocycles. The SMILES string of the molecule is CC(C)(C)CCC(=O)OBr. The second kappa shape index (κ2) is 3.96. The molecule has 0 aromatic carbocycles. The van der Waals surface area contributed by atoms with Gasteiger partial charge in [-0.2, -0.15) is 0 Å². The molecule has 0 aromatic heterocycles. The molecule has 0 aromatic rings. The van der Waals surface area contributed by atoms with Crippen molar-refractivity contribution in [3.63, 3.8) is 0 Å². The third-order valence-electron chi connectivity index (χ3n) is 1.17. The van der Waals surface area contributed by atoms with Gasteiger partial charge in [0.1, 0.15) is 0 Å². The van der Waals surface area contributed by atoms with Crippen LogP contribution in [0.15, 0.2) is 0 Å². The third-order valence-corrected chi connectivity index (χ3v) is 1.53. The molecule has 0 atom stereocenters. The maximum Gasteiger partial charge on any atom is 0.317 e. The van der Waals surface area contributed by atoms with Crippen LogP contribution in [0.5, 0.6) is 0 Å². The van der Waals surface area contributed by atoms with E-state index < -0.39 is 0 Å². The summed E-state index contributed by atoms with van der Waals surface area (Å²) < 4.78 is 4.32. The van der Waals surface area contributed by atoms with Crippen molar-refractivity contribution >= 4 is 22.2 Å². The highest BCUT2D eigenvalue weighted by atomic mass is 79.9. The number of hydrogen-bond acceptors (Lipinski definition) is 2. The molecule has 0 unspecified atom stereocenters. The zero-order valence-electron chi connectivity index (χ0n) is 6.61. The molecule has 60 valence electrons. The van der Waals surface area contributed by atoms with Gasteiger partial charge in [0.25, 0.3) is 0 Å². The average Bonchev–Trinajstić information content (AvgIpc) is 1.81. The first-order valence-electron chi connectivity index (χ1n) is 3.27. The van der Waals surface area contributed by atoms with E-state index in [4.69, 9.17) is 0 Å². The maximum atomic E-state index is 10.6. The van der Waals surface area contributed by atoms with Gasteiger partial charge in [-0.1, -0.05) is 20.8 Å². The van der Waals surface area contributed by atoms with Crippen LogP contribution >= 0.6 is 16.3 Å². The highest BCUT2D eigenvalue weighted by molar-refractivity contribution is 9.06. The molecule has 0 aliphatic heterocycles. The Balaban J connectivity index is 3.46. The molecule has 0 aliphatic rings. The molecule has 0 amide bonds. The van der Waals surface area contributed by atoms with Crippen molar-refractivity contribution in [1.82, 2.24) is 0 Å². The number of carbonyl (C=O) groups excluding carboxylic acids is 1. The summed E-state index contributed by atoms with van der Waals surface area (Å²) in [7, 11) is 0. The van der Waals surface area contributed by atoms with Gasteiger partial charge < -0.3 is 3.83 Å². The van der Waals surface area contributed by atoms with E-state index in [0.29, 0.717) is 6.42 Å². The quantitative estimate of drug-likeness (QED) is 0.698. The summed E-state index contributed by atoms with van der Waals surface area (Å²) in [5.41, 5.74) is 0.210. The summed E-state index contributed by atoms with van der Waals surface area (Å²) in [5.74, 6) is -0.199. The van der Waals surface area contributed by atoms with Crippen molar-refractivity contribution in [1.29, 1.82) is 0 Å². The lowest BCUT2D eigenvalue weighted by molar-refractivity contribution is -0.132. The number of halogens is 1. The summed E-state index contributed by atoms with van der Waals surface area (Å²) in [5, 5.41) is 0. The van der Waals surface area contributed by atoms with Crippen molar-refractivity contribution in [2.45, 2.75) is 33.6 Å². The normalized spacial score (nSPS) is 11.2.